The summed E-state index contributed by atoms with van der Waals surface area (Å²) in [4.78, 5) is 23.7. The van der Waals surface area contributed by atoms with Crippen molar-refractivity contribution in [2.75, 3.05) is 14.1 Å². The van der Waals surface area contributed by atoms with Gasteiger partial charge in [0.25, 0.3) is 0 Å². The van der Waals surface area contributed by atoms with Gasteiger partial charge in [-0.2, -0.15) is 0 Å². The summed E-state index contributed by atoms with van der Waals surface area (Å²) in [6, 6.07) is 0. The molecule has 0 aromatic carbocycles. The third-order valence-electron chi connectivity index (χ3n) is 3.85. The molecule has 2 bridgehead atoms. The first kappa shape index (κ1) is 11.2. The summed E-state index contributed by atoms with van der Waals surface area (Å²) in [5.41, 5.74) is 0. The molecule has 3 aliphatic carbocycles. The molecule has 0 radical (unpaired) electrons. The molecule has 3 rings (SSSR count). The van der Waals surface area contributed by atoms with E-state index >= 15 is 0 Å². The van der Waals surface area contributed by atoms with Gasteiger partial charge in [-0.3, -0.25) is 9.59 Å². The maximum absolute atomic E-state index is 11.9. The Bertz CT molecular complexity index is 306. The minimum Gasteiger partial charge on any atom is -0.359 e. The van der Waals surface area contributed by atoms with Crippen molar-refractivity contribution in [2.45, 2.75) is 12.8 Å². The predicted octanol–water partition coefficient (Wildman–Crippen LogP) is 0.307. The molecular formula is C12H18N2O2. The van der Waals surface area contributed by atoms with E-state index in [0.717, 1.165) is 12.8 Å². The number of hydrogen-bond acceptors (Lipinski definition) is 2. The zero-order chi connectivity index (χ0) is 11.7. The number of rotatable bonds is 2. The second-order valence-corrected chi connectivity index (χ2v) is 4.57. The van der Waals surface area contributed by atoms with Gasteiger partial charge in [-0.1, -0.05) is 12.2 Å². The lowest BCUT2D eigenvalue weighted by Gasteiger charge is -2.42. The second kappa shape index (κ2) is 4.28. The second-order valence-electron chi connectivity index (χ2n) is 4.57. The van der Waals surface area contributed by atoms with E-state index in [-0.39, 0.29) is 35.5 Å². The van der Waals surface area contributed by atoms with E-state index < -0.39 is 0 Å². The number of nitrogens with one attached hydrogen (secondary N) is 2. The molecule has 4 nitrogen and oxygen atoms in total. The monoisotopic (exact) mass is 222 g/mol. The Morgan fingerprint density at radius 3 is 1.56 bits per heavy atom. The highest BCUT2D eigenvalue weighted by Gasteiger charge is 2.47. The molecule has 0 aliphatic heterocycles. The van der Waals surface area contributed by atoms with E-state index in [2.05, 4.69) is 22.8 Å². The summed E-state index contributed by atoms with van der Waals surface area (Å²) in [7, 11) is 3.27. The zero-order valence-electron chi connectivity index (χ0n) is 9.69. The van der Waals surface area contributed by atoms with Crippen LogP contribution in [0.25, 0.3) is 0 Å². The molecule has 0 saturated heterocycles. The van der Waals surface area contributed by atoms with Crippen LogP contribution in [0.3, 0.4) is 0 Å². The van der Waals surface area contributed by atoms with Crippen molar-refractivity contribution < 1.29 is 9.59 Å². The van der Waals surface area contributed by atoms with Gasteiger partial charge in [0.05, 0.1) is 11.8 Å². The lowest BCUT2D eigenvalue weighted by Crippen LogP contribution is -2.50. The lowest BCUT2D eigenvalue weighted by molar-refractivity contribution is -0.140. The quantitative estimate of drug-likeness (QED) is 0.660. The molecule has 88 valence electrons. The van der Waals surface area contributed by atoms with Gasteiger partial charge < -0.3 is 10.6 Å². The molecule has 2 N–H and O–H groups in total. The summed E-state index contributed by atoms with van der Waals surface area (Å²) in [5.74, 6) is 0.0715. The van der Waals surface area contributed by atoms with Gasteiger partial charge in [0.2, 0.25) is 11.8 Å². The van der Waals surface area contributed by atoms with Crippen molar-refractivity contribution in [3.05, 3.63) is 12.2 Å². The van der Waals surface area contributed by atoms with Gasteiger partial charge in [0.15, 0.2) is 0 Å². The van der Waals surface area contributed by atoms with E-state index in [1.165, 1.54) is 0 Å². The van der Waals surface area contributed by atoms with E-state index in [1.54, 1.807) is 14.1 Å². The number of carbonyl (C=O) groups excluding carboxylic acids is 2. The fraction of sp³-hybridized carbons (Fsp3) is 0.667. The molecule has 4 unspecified atom stereocenters. The highest BCUT2D eigenvalue weighted by Crippen LogP contribution is 2.44. The molecule has 0 spiro atoms. The number of hydrogen-bond donors (Lipinski definition) is 2. The van der Waals surface area contributed by atoms with Crippen LogP contribution in [0.4, 0.5) is 0 Å². The van der Waals surface area contributed by atoms with E-state index in [0.29, 0.717) is 0 Å². The molecule has 0 aromatic rings. The van der Waals surface area contributed by atoms with Crippen LogP contribution in [0.2, 0.25) is 0 Å². The van der Waals surface area contributed by atoms with E-state index in [9.17, 15) is 9.59 Å². The summed E-state index contributed by atoms with van der Waals surface area (Å²) in [6.07, 6.45) is 6.25. The maximum atomic E-state index is 11.9. The maximum Gasteiger partial charge on any atom is 0.224 e. The van der Waals surface area contributed by atoms with Gasteiger partial charge in [-0.15, -0.1) is 0 Å². The summed E-state index contributed by atoms with van der Waals surface area (Å²) in [6.45, 7) is 0. The molecule has 1 saturated carbocycles. The average Bonchev–Trinajstić information content (AvgIpc) is 2.37. The Hall–Kier alpha value is -1.32. The third-order valence-corrected chi connectivity index (χ3v) is 3.85. The molecule has 0 heterocycles. The largest absolute Gasteiger partial charge is 0.359 e. The van der Waals surface area contributed by atoms with Gasteiger partial charge in [0, 0.05) is 14.1 Å². The van der Waals surface area contributed by atoms with Crippen molar-refractivity contribution in [1.29, 1.82) is 0 Å². The molecular weight excluding hydrogens is 204 g/mol. The summed E-state index contributed by atoms with van der Waals surface area (Å²) >= 11 is 0. The number of fused-ring (bicyclic) bond motifs is 2. The summed E-state index contributed by atoms with van der Waals surface area (Å²) in [5, 5.41) is 5.35. The molecule has 4 heteroatoms. The third kappa shape index (κ3) is 1.62. The van der Waals surface area contributed by atoms with Crippen molar-refractivity contribution in [2.24, 2.45) is 23.7 Å². The fourth-order valence-corrected chi connectivity index (χ4v) is 3.04. The lowest BCUT2D eigenvalue weighted by atomic mass is 9.61. The molecule has 1 fully saturated rings. The minimum absolute atomic E-state index is 0.00681. The normalized spacial score (nSPS) is 35.9. The Kier molecular flexibility index (Phi) is 2.99. The van der Waals surface area contributed by atoms with Crippen LogP contribution >= 0.6 is 0 Å². The van der Waals surface area contributed by atoms with Crippen LogP contribution < -0.4 is 10.6 Å². The van der Waals surface area contributed by atoms with Crippen LogP contribution in [-0.2, 0) is 9.59 Å². The van der Waals surface area contributed by atoms with Crippen LogP contribution in [0, 0.1) is 23.7 Å². The number of allylic oxidation sites excluding steroid dienone is 2. The SMILES string of the molecule is CNC(=O)C1C2C=CC(CC2)C1C(=O)NC. The standard InChI is InChI=1S/C12H18N2O2/c1-13-11(15)9-7-3-5-8(6-4-7)10(9)12(16)14-2/h3,5,7-10H,4,6H2,1-2H3,(H,13,15)(H,14,16). The van der Waals surface area contributed by atoms with E-state index in [1.807, 2.05) is 0 Å². The highest BCUT2D eigenvalue weighted by atomic mass is 16.2. The smallest absolute Gasteiger partial charge is 0.224 e. The first-order valence-electron chi connectivity index (χ1n) is 5.80. The Balaban J connectivity index is 2.29. The minimum atomic E-state index is -0.186. The topological polar surface area (TPSA) is 58.2 Å². The first-order valence-corrected chi connectivity index (χ1v) is 5.80. The fourth-order valence-electron chi connectivity index (χ4n) is 3.04. The van der Waals surface area contributed by atoms with Gasteiger partial charge >= 0.3 is 0 Å². The van der Waals surface area contributed by atoms with Gasteiger partial charge in [-0.05, 0) is 24.7 Å². The molecule has 0 aromatic heterocycles. The highest BCUT2D eigenvalue weighted by molar-refractivity contribution is 5.88. The van der Waals surface area contributed by atoms with Crippen molar-refractivity contribution in [3.8, 4) is 0 Å². The molecule has 16 heavy (non-hydrogen) atoms. The van der Waals surface area contributed by atoms with Crippen LogP contribution in [-0.4, -0.2) is 25.9 Å². The van der Waals surface area contributed by atoms with Gasteiger partial charge in [0.1, 0.15) is 0 Å². The van der Waals surface area contributed by atoms with Crippen LogP contribution in [0.15, 0.2) is 12.2 Å². The van der Waals surface area contributed by atoms with Crippen molar-refractivity contribution in [3.63, 3.8) is 0 Å². The van der Waals surface area contributed by atoms with Gasteiger partial charge in [-0.25, -0.2) is 0 Å². The predicted molar refractivity (Wildman–Crippen MR) is 60.5 cm³/mol. The number of carbonyl (C=O) groups is 2. The van der Waals surface area contributed by atoms with Crippen molar-refractivity contribution >= 4 is 11.8 Å². The molecule has 4 atom stereocenters. The zero-order valence-corrected chi connectivity index (χ0v) is 9.69. The average molecular weight is 222 g/mol. The Morgan fingerprint density at radius 2 is 1.31 bits per heavy atom. The molecule has 3 aliphatic rings. The number of amides is 2. The van der Waals surface area contributed by atoms with Crippen LogP contribution in [0.5, 0.6) is 0 Å². The first-order chi connectivity index (χ1) is 7.69. The summed E-state index contributed by atoms with van der Waals surface area (Å²) < 4.78 is 0. The molecule has 2 amide bonds. The Labute approximate surface area is 95.5 Å². The Morgan fingerprint density at radius 1 is 0.938 bits per heavy atom. The van der Waals surface area contributed by atoms with Crippen molar-refractivity contribution in [1.82, 2.24) is 10.6 Å². The van der Waals surface area contributed by atoms with Crippen LogP contribution in [0.1, 0.15) is 12.8 Å². The van der Waals surface area contributed by atoms with E-state index in [4.69, 9.17) is 0 Å².